The van der Waals surface area contributed by atoms with Crippen LogP contribution in [0.2, 0.25) is 0 Å². The van der Waals surface area contributed by atoms with Crippen LogP contribution in [0.25, 0.3) is 17.7 Å². The number of aromatic hydroxyl groups is 1. The number of benzene rings is 5. The van der Waals surface area contributed by atoms with Gasteiger partial charge in [-0.15, -0.1) is 0 Å². The molecule has 4 aliphatic rings. The fourth-order valence-corrected chi connectivity index (χ4v) is 10.3. The zero-order valence-corrected chi connectivity index (χ0v) is 33.4. The van der Waals surface area contributed by atoms with E-state index in [1.54, 1.807) is 44.6 Å². The number of amides is 2. The number of phenols is 1. The predicted molar refractivity (Wildman–Crippen MR) is 229 cm³/mol. The molecular weight excluding hydrogens is 755 g/mol. The smallest absolute Gasteiger partial charge is 0.238 e. The zero-order valence-electron chi connectivity index (χ0n) is 33.4. The third kappa shape index (κ3) is 5.98. The Labute approximate surface area is 348 Å². The number of Topliss-reactive ketones (excluding diaryl/α,β-unsaturated/α-hetero) is 1. The first-order valence-corrected chi connectivity index (χ1v) is 20.1. The van der Waals surface area contributed by atoms with Crippen molar-refractivity contribution in [3.8, 4) is 23.0 Å². The van der Waals surface area contributed by atoms with Crippen molar-refractivity contribution in [3.05, 3.63) is 167 Å². The summed E-state index contributed by atoms with van der Waals surface area (Å²) in [6, 6.07) is 36.4. The van der Waals surface area contributed by atoms with E-state index in [0.29, 0.717) is 39.4 Å². The Morgan fingerprint density at radius 1 is 0.717 bits per heavy atom. The Morgan fingerprint density at radius 2 is 1.43 bits per heavy atom. The van der Waals surface area contributed by atoms with E-state index in [1.807, 2.05) is 109 Å². The SMILES string of the molecule is COc1ccc(OC)c(C=Cc2ccc(N3C(=O)[C@H]4[C@H](CC=C5[C@H]4C[C@H]4C(=O)C(c6ccccc6)=CC(=O)[C@@]4(c4ccccc4)[C@H]5c4cccc(OC)c4O)C3=O)cc2)c1. The first kappa shape index (κ1) is 38.5. The molecule has 1 N–H and O–H groups in total. The van der Waals surface area contributed by atoms with Crippen molar-refractivity contribution in [3.63, 3.8) is 0 Å². The van der Waals surface area contributed by atoms with Gasteiger partial charge in [0, 0.05) is 28.5 Å². The van der Waals surface area contributed by atoms with Crippen molar-refractivity contribution < 1.29 is 38.5 Å². The van der Waals surface area contributed by atoms with Crippen LogP contribution in [-0.2, 0) is 24.6 Å². The van der Waals surface area contributed by atoms with Crippen molar-refractivity contribution >= 4 is 46.8 Å². The normalized spacial score (nSPS) is 24.6. The first-order valence-electron chi connectivity index (χ1n) is 20.1. The minimum atomic E-state index is -1.47. The molecule has 300 valence electrons. The number of hydrogen-bond acceptors (Lipinski definition) is 8. The topological polar surface area (TPSA) is 119 Å². The lowest BCUT2D eigenvalue weighted by Gasteiger charge is -2.55. The number of phenolic OH excluding ortho intramolecular Hbond substituents is 1. The molecule has 2 fully saturated rings. The van der Waals surface area contributed by atoms with Crippen molar-refractivity contribution in [1.29, 1.82) is 0 Å². The van der Waals surface area contributed by atoms with Gasteiger partial charge in [-0.25, -0.2) is 0 Å². The van der Waals surface area contributed by atoms with Gasteiger partial charge in [0.25, 0.3) is 0 Å². The van der Waals surface area contributed by atoms with Crippen LogP contribution in [0.15, 0.2) is 139 Å². The third-order valence-electron chi connectivity index (χ3n) is 13.0. The van der Waals surface area contributed by atoms with Gasteiger partial charge in [0.1, 0.15) is 11.5 Å². The number of allylic oxidation sites excluding steroid dienone is 4. The number of methoxy groups -OCH3 is 3. The van der Waals surface area contributed by atoms with Gasteiger partial charge in [-0.05, 0) is 77.9 Å². The Morgan fingerprint density at radius 3 is 2.13 bits per heavy atom. The van der Waals surface area contributed by atoms with Crippen LogP contribution < -0.4 is 19.1 Å². The summed E-state index contributed by atoms with van der Waals surface area (Å²) in [6.07, 6.45) is 7.69. The van der Waals surface area contributed by atoms with E-state index in [9.17, 15) is 14.7 Å². The van der Waals surface area contributed by atoms with Crippen molar-refractivity contribution in [2.24, 2.45) is 23.7 Å². The molecule has 1 saturated carbocycles. The van der Waals surface area contributed by atoms with Crippen molar-refractivity contribution in [2.45, 2.75) is 24.2 Å². The number of imide groups is 1. The van der Waals surface area contributed by atoms with E-state index in [4.69, 9.17) is 14.2 Å². The molecule has 60 heavy (non-hydrogen) atoms. The molecule has 0 aromatic heterocycles. The van der Waals surface area contributed by atoms with E-state index < -0.39 is 35.0 Å². The number of ether oxygens (including phenoxy) is 3. The lowest BCUT2D eigenvalue weighted by molar-refractivity contribution is -0.135. The van der Waals surface area contributed by atoms with Crippen LogP contribution in [0.1, 0.15) is 46.6 Å². The molecule has 0 spiro atoms. The standard InChI is InChI=1S/C51H43NO8/c1-58-35-23-26-42(59-2)32(27-35)20-17-30-18-21-34(22-19-30)52-49(56)37-25-24-36-40(45(37)50(52)57)28-41-47(54)39(31-11-6-4-7-12-31)29-44(53)51(41,33-13-8-5-9-14-33)46(36)38-15-10-16-43(60-3)48(38)55/h4-24,26-27,29,37,40-41,45-46,55H,25,28H2,1-3H3/t37-,40+,41-,45-,46+,51-/m0/s1. The van der Waals surface area contributed by atoms with Gasteiger partial charge in [0.2, 0.25) is 11.8 Å². The summed E-state index contributed by atoms with van der Waals surface area (Å²) in [6.45, 7) is 0. The maximum atomic E-state index is 15.3. The van der Waals surface area contributed by atoms with Crippen LogP contribution in [0, 0.1) is 23.7 Å². The molecule has 9 nitrogen and oxygen atoms in total. The van der Waals surface area contributed by atoms with Crippen molar-refractivity contribution in [2.75, 3.05) is 26.2 Å². The number of anilines is 1. The van der Waals surface area contributed by atoms with E-state index in [2.05, 4.69) is 0 Å². The second-order valence-corrected chi connectivity index (χ2v) is 15.7. The monoisotopic (exact) mass is 797 g/mol. The molecule has 6 atom stereocenters. The van der Waals surface area contributed by atoms with Crippen LogP contribution in [-0.4, -0.2) is 49.8 Å². The molecule has 5 aromatic carbocycles. The fraction of sp³-hybridized carbons (Fsp3) is 0.216. The highest BCUT2D eigenvalue weighted by Crippen LogP contribution is 2.65. The molecule has 9 heteroatoms. The van der Waals surface area contributed by atoms with Gasteiger partial charge in [0.15, 0.2) is 23.1 Å². The highest BCUT2D eigenvalue weighted by molar-refractivity contribution is 6.32. The van der Waals surface area contributed by atoms with Gasteiger partial charge in [-0.1, -0.05) is 109 Å². The molecular formula is C51H43NO8. The highest BCUT2D eigenvalue weighted by Gasteiger charge is 2.66. The number of carbonyl (C=O) groups excluding carboxylic acids is 4. The fourth-order valence-electron chi connectivity index (χ4n) is 10.3. The molecule has 0 bridgehead atoms. The number of ketones is 2. The maximum absolute atomic E-state index is 15.3. The molecule has 2 amide bonds. The number of nitrogens with zero attached hydrogens (tertiary/aromatic N) is 1. The third-order valence-corrected chi connectivity index (χ3v) is 13.0. The summed E-state index contributed by atoms with van der Waals surface area (Å²) in [4.78, 5) is 61.1. The average molecular weight is 798 g/mol. The van der Waals surface area contributed by atoms with Gasteiger partial charge in [-0.2, -0.15) is 0 Å². The van der Waals surface area contributed by atoms with Gasteiger partial charge in [-0.3, -0.25) is 24.1 Å². The Kier molecular flexibility index (Phi) is 9.83. The molecule has 1 saturated heterocycles. The highest BCUT2D eigenvalue weighted by atomic mass is 16.5. The molecule has 9 rings (SSSR count). The lowest BCUT2D eigenvalue weighted by Crippen LogP contribution is -2.58. The zero-order chi connectivity index (χ0) is 41.7. The second kappa shape index (κ2) is 15.3. The molecule has 3 aliphatic carbocycles. The van der Waals surface area contributed by atoms with E-state index in [1.165, 1.54) is 18.1 Å². The molecule has 1 aliphatic heterocycles. The van der Waals surface area contributed by atoms with E-state index >= 15 is 9.59 Å². The van der Waals surface area contributed by atoms with Gasteiger partial charge >= 0.3 is 0 Å². The Balaban J connectivity index is 1.14. The minimum absolute atomic E-state index is 0.143. The maximum Gasteiger partial charge on any atom is 0.238 e. The van der Waals surface area contributed by atoms with Crippen LogP contribution in [0.3, 0.4) is 0 Å². The lowest BCUT2D eigenvalue weighted by atomic mass is 9.44. The minimum Gasteiger partial charge on any atom is -0.504 e. The average Bonchev–Trinajstić information content (AvgIpc) is 3.55. The number of hydrogen-bond donors (Lipinski definition) is 1. The van der Waals surface area contributed by atoms with E-state index in [0.717, 1.165) is 16.7 Å². The van der Waals surface area contributed by atoms with Crippen LogP contribution in [0.5, 0.6) is 23.0 Å². The number of fused-ring (bicyclic) bond motifs is 4. The molecule has 0 radical (unpaired) electrons. The summed E-state index contributed by atoms with van der Waals surface area (Å²) in [5, 5.41) is 11.9. The summed E-state index contributed by atoms with van der Waals surface area (Å²) >= 11 is 0. The van der Waals surface area contributed by atoms with Crippen LogP contribution in [0.4, 0.5) is 5.69 Å². The first-order chi connectivity index (χ1) is 29.2. The number of para-hydroxylation sites is 1. The van der Waals surface area contributed by atoms with Crippen molar-refractivity contribution in [1.82, 2.24) is 0 Å². The molecule has 0 unspecified atom stereocenters. The summed E-state index contributed by atoms with van der Waals surface area (Å²) < 4.78 is 16.5. The number of rotatable bonds is 9. The van der Waals surface area contributed by atoms with Gasteiger partial charge in [0.05, 0.1) is 44.3 Å². The van der Waals surface area contributed by atoms with Crippen LogP contribution >= 0.6 is 0 Å². The molecule has 5 aromatic rings. The summed E-state index contributed by atoms with van der Waals surface area (Å²) in [7, 11) is 4.67. The predicted octanol–water partition coefficient (Wildman–Crippen LogP) is 8.62. The second-order valence-electron chi connectivity index (χ2n) is 15.7. The largest absolute Gasteiger partial charge is 0.504 e. The van der Waals surface area contributed by atoms with Gasteiger partial charge < -0.3 is 19.3 Å². The molecule has 1 heterocycles. The Bertz CT molecular complexity index is 2630. The number of carbonyl (C=O) groups is 4. The summed E-state index contributed by atoms with van der Waals surface area (Å²) in [5.74, 6) is -3.54. The summed E-state index contributed by atoms with van der Waals surface area (Å²) in [5.41, 5.74) is 3.39. The van der Waals surface area contributed by atoms with E-state index in [-0.39, 0.29) is 47.7 Å². The quantitative estimate of drug-likeness (QED) is 0.0895. The Hall–Kier alpha value is -7.00.